The molecule has 19 heavy (non-hydrogen) atoms. The third kappa shape index (κ3) is 3.06. The number of benzene rings is 1. The van der Waals surface area contributed by atoms with Gasteiger partial charge in [-0.1, -0.05) is 6.07 Å². The van der Waals surface area contributed by atoms with E-state index in [1.165, 1.54) is 0 Å². The quantitative estimate of drug-likeness (QED) is 0.853. The molecule has 7 nitrogen and oxygen atoms in total. The minimum atomic E-state index is -0.149. The van der Waals surface area contributed by atoms with Gasteiger partial charge in [0.15, 0.2) is 5.82 Å². The summed E-state index contributed by atoms with van der Waals surface area (Å²) >= 11 is 0. The molecule has 0 aliphatic carbocycles. The van der Waals surface area contributed by atoms with Gasteiger partial charge in [-0.25, -0.2) is 4.68 Å². The Kier molecular flexibility index (Phi) is 4.07. The molecular weight excluding hydrogens is 246 g/mol. The first-order chi connectivity index (χ1) is 9.24. The zero-order valence-corrected chi connectivity index (χ0v) is 10.8. The fourth-order valence-corrected chi connectivity index (χ4v) is 1.59. The van der Waals surface area contributed by atoms with Gasteiger partial charge in [0.05, 0.1) is 0 Å². The average molecular weight is 261 g/mol. The summed E-state index contributed by atoms with van der Waals surface area (Å²) in [6.45, 7) is 2.90. The van der Waals surface area contributed by atoms with Crippen LogP contribution < -0.4 is 10.1 Å². The van der Waals surface area contributed by atoms with Crippen LogP contribution in [0.2, 0.25) is 0 Å². The number of hydrogen-bond donors (Lipinski definition) is 1. The van der Waals surface area contributed by atoms with Gasteiger partial charge in [0.1, 0.15) is 12.4 Å². The molecule has 1 N–H and O–H groups in total. The van der Waals surface area contributed by atoms with E-state index < -0.39 is 0 Å². The van der Waals surface area contributed by atoms with Gasteiger partial charge >= 0.3 is 0 Å². The van der Waals surface area contributed by atoms with Crippen LogP contribution in [0.3, 0.4) is 0 Å². The first-order valence-corrected chi connectivity index (χ1v) is 5.94. The molecule has 0 saturated carbocycles. The summed E-state index contributed by atoms with van der Waals surface area (Å²) in [6, 6.07) is 6.95. The van der Waals surface area contributed by atoms with Crippen LogP contribution in [0.15, 0.2) is 24.3 Å². The van der Waals surface area contributed by atoms with Crippen LogP contribution in [0.25, 0.3) is 0 Å². The van der Waals surface area contributed by atoms with Crippen molar-refractivity contribution in [2.75, 3.05) is 7.05 Å². The number of aromatic nitrogens is 4. The van der Waals surface area contributed by atoms with Gasteiger partial charge in [0, 0.05) is 19.2 Å². The summed E-state index contributed by atoms with van der Waals surface area (Å²) in [6.07, 6.45) is 0. The molecule has 0 radical (unpaired) electrons. The molecule has 0 fully saturated rings. The van der Waals surface area contributed by atoms with Crippen LogP contribution in [0.4, 0.5) is 0 Å². The normalized spacial score (nSPS) is 10.2. The maximum absolute atomic E-state index is 11.5. The van der Waals surface area contributed by atoms with Crippen LogP contribution in [-0.4, -0.2) is 33.2 Å². The number of nitrogens with zero attached hydrogens (tertiary/aromatic N) is 4. The fraction of sp³-hybridized carbons (Fsp3) is 0.333. The Morgan fingerprint density at radius 1 is 1.47 bits per heavy atom. The Balaban J connectivity index is 2.05. The number of rotatable bonds is 5. The summed E-state index contributed by atoms with van der Waals surface area (Å²) in [4.78, 5) is 11.5. The van der Waals surface area contributed by atoms with E-state index in [-0.39, 0.29) is 12.5 Å². The Labute approximate surface area is 110 Å². The molecule has 0 bridgehead atoms. The van der Waals surface area contributed by atoms with E-state index >= 15 is 0 Å². The molecule has 1 aromatic heterocycles. The number of hydrogen-bond acceptors (Lipinski definition) is 5. The molecule has 0 aliphatic heterocycles. The molecule has 1 aromatic carbocycles. The van der Waals surface area contributed by atoms with Gasteiger partial charge in [-0.15, -0.1) is 5.10 Å². The summed E-state index contributed by atoms with van der Waals surface area (Å²) < 4.78 is 7.24. The SMILES string of the molecule is CCn1nnnc1COc1cccc(C(=O)NC)c1. The van der Waals surface area contributed by atoms with Gasteiger partial charge in [0.25, 0.3) is 5.91 Å². The highest BCUT2D eigenvalue weighted by Gasteiger charge is 2.07. The number of tetrazole rings is 1. The predicted octanol–water partition coefficient (Wildman–Crippen LogP) is 0.632. The van der Waals surface area contributed by atoms with Gasteiger partial charge in [-0.05, 0) is 35.5 Å². The Morgan fingerprint density at radius 2 is 2.32 bits per heavy atom. The van der Waals surface area contributed by atoms with Crippen molar-refractivity contribution in [1.82, 2.24) is 25.5 Å². The molecule has 100 valence electrons. The van der Waals surface area contributed by atoms with Crippen molar-refractivity contribution in [2.24, 2.45) is 0 Å². The van der Waals surface area contributed by atoms with E-state index in [1.54, 1.807) is 36.0 Å². The molecule has 1 heterocycles. The van der Waals surface area contributed by atoms with E-state index in [4.69, 9.17) is 4.74 Å². The summed E-state index contributed by atoms with van der Waals surface area (Å²) in [5, 5.41) is 13.8. The molecule has 0 spiro atoms. The lowest BCUT2D eigenvalue weighted by Gasteiger charge is -2.07. The Morgan fingerprint density at radius 3 is 3.05 bits per heavy atom. The predicted molar refractivity (Wildman–Crippen MR) is 67.7 cm³/mol. The minimum absolute atomic E-state index is 0.149. The van der Waals surface area contributed by atoms with Gasteiger partial charge < -0.3 is 10.1 Å². The van der Waals surface area contributed by atoms with Crippen molar-refractivity contribution >= 4 is 5.91 Å². The van der Waals surface area contributed by atoms with Crippen LogP contribution in [0, 0.1) is 0 Å². The third-order valence-electron chi connectivity index (χ3n) is 2.60. The third-order valence-corrected chi connectivity index (χ3v) is 2.60. The van der Waals surface area contributed by atoms with Crippen molar-refractivity contribution in [2.45, 2.75) is 20.1 Å². The van der Waals surface area contributed by atoms with Gasteiger partial charge in [-0.2, -0.15) is 0 Å². The highest BCUT2D eigenvalue weighted by atomic mass is 16.5. The number of ether oxygens (including phenoxy) is 1. The molecule has 0 atom stereocenters. The Hall–Kier alpha value is -2.44. The first-order valence-electron chi connectivity index (χ1n) is 5.94. The average Bonchev–Trinajstić information content (AvgIpc) is 2.92. The lowest BCUT2D eigenvalue weighted by molar-refractivity contribution is 0.0962. The second-order valence-electron chi connectivity index (χ2n) is 3.81. The molecule has 0 saturated heterocycles. The number of amides is 1. The zero-order valence-electron chi connectivity index (χ0n) is 10.8. The fourth-order valence-electron chi connectivity index (χ4n) is 1.59. The molecule has 0 aliphatic rings. The Bertz CT molecular complexity index is 567. The maximum atomic E-state index is 11.5. The highest BCUT2D eigenvalue weighted by Crippen LogP contribution is 2.14. The molecule has 2 rings (SSSR count). The monoisotopic (exact) mass is 261 g/mol. The largest absolute Gasteiger partial charge is 0.486 e. The maximum Gasteiger partial charge on any atom is 0.251 e. The van der Waals surface area contributed by atoms with E-state index in [9.17, 15) is 4.79 Å². The summed E-state index contributed by atoms with van der Waals surface area (Å²) in [5.41, 5.74) is 0.551. The standard InChI is InChI=1S/C12H15N5O2/c1-3-17-11(14-15-16-17)8-19-10-6-4-5-9(7-10)12(18)13-2/h4-7H,3,8H2,1-2H3,(H,13,18). The van der Waals surface area contributed by atoms with E-state index in [2.05, 4.69) is 20.8 Å². The second-order valence-corrected chi connectivity index (χ2v) is 3.81. The molecular formula is C12H15N5O2. The number of aryl methyl sites for hydroxylation is 1. The number of carbonyl (C=O) groups is 1. The highest BCUT2D eigenvalue weighted by molar-refractivity contribution is 5.94. The van der Waals surface area contributed by atoms with Crippen LogP contribution >= 0.6 is 0 Å². The van der Waals surface area contributed by atoms with Crippen molar-refractivity contribution in [3.05, 3.63) is 35.7 Å². The van der Waals surface area contributed by atoms with Crippen molar-refractivity contribution < 1.29 is 9.53 Å². The number of carbonyl (C=O) groups excluding carboxylic acids is 1. The van der Waals surface area contributed by atoms with Crippen molar-refractivity contribution in [3.63, 3.8) is 0 Å². The lowest BCUT2D eigenvalue weighted by atomic mass is 10.2. The van der Waals surface area contributed by atoms with E-state index in [0.717, 1.165) is 0 Å². The second kappa shape index (κ2) is 5.94. The minimum Gasteiger partial charge on any atom is -0.486 e. The van der Waals surface area contributed by atoms with E-state index in [0.29, 0.717) is 23.7 Å². The molecule has 0 unspecified atom stereocenters. The molecule has 1 amide bonds. The topological polar surface area (TPSA) is 81.9 Å². The van der Waals surface area contributed by atoms with Crippen LogP contribution in [-0.2, 0) is 13.2 Å². The summed E-state index contributed by atoms with van der Waals surface area (Å²) in [7, 11) is 1.59. The smallest absolute Gasteiger partial charge is 0.251 e. The van der Waals surface area contributed by atoms with Crippen molar-refractivity contribution in [1.29, 1.82) is 0 Å². The first kappa shape index (κ1) is 13.0. The lowest BCUT2D eigenvalue weighted by Crippen LogP contribution is -2.17. The molecule has 2 aromatic rings. The van der Waals surface area contributed by atoms with Crippen molar-refractivity contribution in [3.8, 4) is 5.75 Å². The summed E-state index contributed by atoms with van der Waals surface area (Å²) in [5.74, 6) is 1.10. The van der Waals surface area contributed by atoms with E-state index in [1.807, 2.05) is 6.92 Å². The van der Waals surface area contributed by atoms with Crippen LogP contribution in [0.5, 0.6) is 5.75 Å². The van der Waals surface area contributed by atoms with Crippen LogP contribution in [0.1, 0.15) is 23.1 Å². The number of nitrogens with one attached hydrogen (secondary N) is 1. The van der Waals surface area contributed by atoms with Gasteiger partial charge in [-0.3, -0.25) is 4.79 Å². The zero-order chi connectivity index (χ0) is 13.7. The van der Waals surface area contributed by atoms with Gasteiger partial charge in [0.2, 0.25) is 0 Å². The molecule has 7 heteroatoms.